The number of hydrogen-bond acceptors (Lipinski definition) is 9. The lowest BCUT2D eigenvalue weighted by Gasteiger charge is -2.48. The second-order valence-corrected chi connectivity index (χ2v) is 13.1. The molecule has 41 heavy (non-hydrogen) atoms. The normalized spacial score (nSPS) is 21.0. The molecular weight excluding hydrogens is 522 g/mol. The summed E-state index contributed by atoms with van der Waals surface area (Å²) in [5.74, 6) is 1.75. The SMILES string of the molecule is Cc1cc(Nc2cc3ncccc3c(NC3C[C@H]4CCC[C@@H](C3)N4C(=O)OC(C)(C)C)n2)nn1C(=O)OC(C)(C)C. The van der Waals surface area contributed by atoms with E-state index >= 15 is 0 Å². The molecule has 3 aromatic heterocycles. The average Bonchev–Trinajstić information content (AvgIpc) is 3.21. The van der Waals surface area contributed by atoms with Crippen molar-refractivity contribution < 1.29 is 19.1 Å². The van der Waals surface area contributed by atoms with Gasteiger partial charge in [-0.25, -0.2) is 14.6 Å². The number of hydrogen-bond donors (Lipinski definition) is 2. The smallest absolute Gasteiger partial charge is 0.435 e. The molecule has 0 spiro atoms. The van der Waals surface area contributed by atoms with Gasteiger partial charge in [0.2, 0.25) is 0 Å². The Balaban J connectivity index is 1.36. The summed E-state index contributed by atoms with van der Waals surface area (Å²) >= 11 is 0. The van der Waals surface area contributed by atoms with Gasteiger partial charge in [0, 0.05) is 47.5 Å². The number of nitrogens with zero attached hydrogens (tertiary/aromatic N) is 5. The molecule has 2 saturated heterocycles. The highest BCUT2D eigenvalue weighted by Crippen LogP contribution is 2.37. The van der Waals surface area contributed by atoms with Gasteiger partial charge in [0.05, 0.1) is 5.52 Å². The Morgan fingerprint density at radius 3 is 2.27 bits per heavy atom. The fourth-order valence-electron chi connectivity index (χ4n) is 5.71. The Labute approximate surface area is 241 Å². The fourth-order valence-corrected chi connectivity index (χ4v) is 5.71. The molecule has 11 heteroatoms. The van der Waals surface area contributed by atoms with Crippen LogP contribution in [-0.2, 0) is 9.47 Å². The molecule has 5 rings (SSSR count). The van der Waals surface area contributed by atoms with Crippen LogP contribution in [0.5, 0.6) is 0 Å². The van der Waals surface area contributed by atoms with Crippen LogP contribution in [0.25, 0.3) is 10.9 Å². The number of amides is 1. The standard InChI is InChI=1S/C30H41N7O4/c1-18-14-25(35-37(18)28(39)41-30(5,6)7)33-24-17-23-22(12-9-13-31-23)26(34-24)32-19-15-20-10-8-11-21(16-19)36(20)27(38)40-29(2,3)4/h9,12-14,17,19-21H,8,10-11,15-16H2,1-7H3,(H2,32,33,34,35)/t19?,20-,21+. The van der Waals surface area contributed by atoms with E-state index in [9.17, 15) is 9.59 Å². The number of fused-ring (bicyclic) bond motifs is 3. The molecule has 2 aliphatic rings. The number of anilines is 3. The molecule has 5 heterocycles. The Hall–Kier alpha value is -3.89. The van der Waals surface area contributed by atoms with Gasteiger partial charge in [-0.15, -0.1) is 5.10 Å². The predicted octanol–water partition coefficient (Wildman–Crippen LogP) is 6.39. The van der Waals surface area contributed by atoms with E-state index in [-0.39, 0.29) is 24.2 Å². The zero-order valence-electron chi connectivity index (χ0n) is 25.0. The van der Waals surface area contributed by atoms with Crippen molar-refractivity contribution in [1.82, 2.24) is 24.6 Å². The number of nitrogens with one attached hydrogen (secondary N) is 2. The molecule has 1 unspecified atom stereocenters. The molecule has 220 valence electrons. The van der Waals surface area contributed by atoms with E-state index in [1.54, 1.807) is 19.2 Å². The minimum atomic E-state index is -0.628. The van der Waals surface area contributed by atoms with Gasteiger partial charge < -0.3 is 25.0 Å². The zero-order chi connectivity index (χ0) is 29.5. The molecule has 3 aromatic rings. The van der Waals surface area contributed by atoms with Crippen LogP contribution in [0.1, 0.15) is 79.3 Å². The summed E-state index contributed by atoms with van der Waals surface area (Å²) in [6.45, 7) is 13.0. The van der Waals surface area contributed by atoms with Gasteiger partial charge in [0.25, 0.3) is 0 Å². The van der Waals surface area contributed by atoms with Crippen molar-refractivity contribution >= 4 is 40.5 Å². The van der Waals surface area contributed by atoms with E-state index in [0.29, 0.717) is 17.3 Å². The molecule has 0 radical (unpaired) electrons. The molecule has 2 bridgehead atoms. The number of pyridine rings is 2. The lowest BCUT2D eigenvalue weighted by molar-refractivity contribution is -0.0199. The first kappa shape index (κ1) is 28.6. The topological polar surface area (TPSA) is 124 Å². The number of ether oxygens (including phenoxy) is 2. The molecule has 0 aliphatic carbocycles. The second-order valence-electron chi connectivity index (χ2n) is 13.1. The van der Waals surface area contributed by atoms with Crippen LogP contribution < -0.4 is 10.6 Å². The number of aryl methyl sites for hydroxylation is 1. The van der Waals surface area contributed by atoms with Crippen molar-refractivity contribution in [3.05, 3.63) is 36.2 Å². The van der Waals surface area contributed by atoms with Gasteiger partial charge in [0.1, 0.15) is 22.8 Å². The third-order valence-electron chi connectivity index (χ3n) is 7.23. The second kappa shape index (κ2) is 10.8. The van der Waals surface area contributed by atoms with E-state index in [4.69, 9.17) is 14.5 Å². The van der Waals surface area contributed by atoms with Crippen molar-refractivity contribution in [3.8, 4) is 0 Å². The van der Waals surface area contributed by atoms with Crippen LogP contribution in [0.4, 0.5) is 27.0 Å². The monoisotopic (exact) mass is 563 g/mol. The predicted molar refractivity (Wildman–Crippen MR) is 158 cm³/mol. The minimum Gasteiger partial charge on any atom is -0.444 e. The van der Waals surface area contributed by atoms with E-state index in [1.165, 1.54) is 4.68 Å². The highest BCUT2D eigenvalue weighted by atomic mass is 16.6. The van der Waals surface area contributed by atoms with E-state index in [0.717, 1.165) is 48.8 Å². The van der Waals surface area contributed by atoms with E-state index in [2.05, 4.69) is 20.7 Å². The molecule has 0 aromatic carbocycles. The number of carbonyl (C=O) groups is 2. The Kier molecular flexibility index (Phi) is 7.56. The molecule has 1 amide bonds. The molecule has 2 aliphatic heterocycles. The summed E-state index contributed by atoms with van der Waals surface area (Å²) in [6.07, 6.45) is 5.66. The maximum Gasteiger partial charge on any atom is 0.435 e. The summed E-state index contributed by atoms with van der Waals surface area (Å²) in [5.41, 5.74) is 0.270. The largest absolute Gasteiger partial charge is 0.444 e. The number of piperidine rings is 2. The summed E-state index contributed by atoms with van der Waals surface area (Å²) in [6, 6.07) is 7.93. The van der Waals surface area contributed by atoms with E-state index < -0.39 is 17.3 Å². The average molecular weight is 564 g/mol. The lowest BCUT2D eigenvalue weighted by Crippen LogP contribution is -2.58. The summed E-state index contributed by atoms with van der Waals surface area (Å²) in [4.78, 5) is 37.1. The summed E-state index contributed by atoms with van der Waals surface area (Å²) in [7, 11) is 0. The molecule has 2 N–H and O–H groups in total. The molecule has 2 fully saturated rings. The quantitative estimate of drug-likeness (QED) is 0.371. The van der Waals surface area contributed by atoms with Gasteiger partial charge in [-0.05, 0) is 92.7 Å². The van der Waals surface area contributed by atoms with Crippen LogP contribution in [0.3, 0.4) is 0 Å². The summed E-state index contributed by atoms with van der Waals surface area (Å²) < 4.78 is 12.5. The maximum absolute atomic E-state index is 13.0. The van der Waals surface area contributed by atoms with Crippen LogP contribution in [-0.4, -0.2) is 66.2 Å². The van der Waals surface area contributed by atoms with Gasteiger partial charge in [-0.1, -0.05) is 0 Å². The van der Waals surface area contributed by atoms with Crippen molar-refractivity contribution in [2.75, 3.05) is 10.6 Å². The van der Waals surface area contributed by atoms with Crippen molar-refractivity contribution in [2.45, 2.75) is 110 Å². The lowest BCUT2D eigenvalue weighted by atomic mass is 9.82. The highest BCUT2D eigenvalue weighted by molar-refractivity contribution is 5.91. The molecular formula is C30H41N7O4. The van der Waals surface area contributed by atoms with Crippen LogP contribution >= 0.6 is 0 Å². The van der Waals surface area contributed by atoms with Gasteiger partial charge >= 0.3 is 12.2 Å². The van der Waals surface area contributed by atoms with Crippen LogP contribution in [0.15, 0.2) is 30.5 Å². The first-order valence-corrected chi connectivity index (χ1v) is 14.4. The number of carbonyl (C=O) groups excluding carboxylic acids is 2. The van der Waals surface area contributed by atoms with Crippen molar-refractivity contribution in [2.24, 2.45) is 0 Å². The fraction of sp³-hybridized carbons (Fsp3) is 0.567. The number of rotatable bonds is 4. The third-order valence-corrected chi connectivity index (χ3v) is 7.23. The number of aromatic nitrogens is 4. The van der Waals surface area contributed by atoms with E-state index in [1.807, 2.05) is 64.6 Å². The molecule has 0 saturated carbocycles. The molecule has 3 atom stereocenters. The first-order valence-electron chi connectivity index (χ1n) is 14.4. The van der Waals surface area contributed by atoms with Crippen molar-refractivity contribution in [1.29, 1.82) is 0 Å². The third kappa shape index (κ3) is 6.71. The Morgan fingerprint density at radius 1 is 0.951 bits per heavy atom. The maximum atomic E-state index is 13.0. The highest BCUT2D eigenvalue weighted by Gasteiger charge is 2.42. The van der Waals surface area contributed by atoms with Crippen molar-refractivity contribution in [3.63, 3.8) is 0 Å². The Bertz CT molecular complexity index is 1420. The van der Waals surface area contributed by atoms with Gasteiger partial charge in [-0.2, -0.15) is 4.68 Å². The Morgan fingerprint density at radius 2 is 1.61 bits per heavy atom. The summed E-state index contributed by atoms with van der Waals surface area (Å²) in [5, 5.41) is 12.2. The van der Waals surface area contributed by atoms with Crippen LogP contribution in [0.2, 0.25) is 0 Å². The van der Waals surface area contributed by atoms with Gasteiger partial charge in [-0.3, -0.25) is 4.98 Å². The first-order chi connectivity index (χ1) is 19.3. The van der Waals surface area contributed by atoms with Gasteiger partial charge in [0.15, 0.2) is 5.82 Å². The minimum absolute atomic E-state index is 0.125. The van der Waals surface area contributed by atoms with Crippen LogP contribution in [0, 0.1) is 6.92 Å². The zero-order valence-corrected chi connectivity index (χ0v) is 25.0. The molecule has 11 nitrogen and oxygen atoms in total.